The van der Waals surface area contributed by atoms with Gasteiger partial charge in [0.1, 0.15) is 5.82 Å². The predicted octanol–water partition coefficient (Wildman–Crippen LogP) is 2.04. The van der Waals surface area contributed by atoms with E-state index in [0.717, 1.165) is 6.54 Å². The Labute approximate surface area is 120 Å². The average molecular weight is 297 g/mol. The molecule has 0 saturated heterocycles. The van der Waals surface area contributed by atoms with E-state index < -0.39 is 0 Å². The number of aromatic nitrogens is 3. The molecule has 0 amide bonds. The van der Waals surface area contributed by atoms with Gasteiger partial charge in [-0.1, -0.05) is 6.07 Å². The average Bonchev–Trinajstić information content (AvgIpc) is 2.38. The molecule has 2 rings (SSSR count). The van der Waals surface area contributed by atoms with Gasteiger partial charge in [0.2, 0.25) is 17.2 Å². The molecule has 0 aliphatic heterocycles. The zero-order valence-electron chi connectivity index (χ0n) is 10.8. The lowest BCUT2D eigenvalue weighted by molar-refractivity contribution is 0.628. The summed E-state index contributed by atoms with van der Waals surface area (Å²) in [7, 11) is 1.85. The summed E-state index contributed by atoms with van der Waals surface area (Å²) in [5.74, 6) is 0.268. The van der Waals surface area contributed by atoms with Crippen LogP contribution in [0.1, 0.15) is 0 Å². The van der Waals surface area contributed by atoms with Crippen molar-refractivity contribution in [1.82, 2.24) is 20.3 Å². The third kappa shape index (κ3) is 4.29. The second kappa shape index (κ2) is 6.97. The maximum atomic E-state index is 13.1. The third-order valence-corrected chi connectivity index (χ3v) is 2.52. The summed E-state index contributed by atoms with van der Waals surface area (Å²) >= 11 is 5.83. The van der Waals surface area contributed by atoms with E-state index in [-0.39, 0.29) is 17.0 Å². The summed E-state index contributed by atoms with van der Waals surface area (Å²) in [6.07, 6.45) is 0. The highest BCUT2D eigenvalue weighted by molar-refractivity contribution is 6.28. The molecule has 0 fully saturated rings. The topological polar surface area (TPSA) is 74.8 Å². The largest absolute Gasteiger partial charge is 0.353 e. The number of hydrogen-bond donors (Lipinski definition) is 3. The van der Waals surface area contributed by atoms with Crippen LogP contribution in [0.2, 0.25) is 5.28 Å². The Kier molecular flexibility index (Phi) is 5.03. The zero-order chi connectivity index (χ0) is 14.4. The van der Waals surface area contributed by atoms with Gasteiger partial charge < -0.3 is 16.0 Å². The molecule has 0 aliphatic rings. The van der Waals surface area contributed by atoms with Gasteiger partial charge in [0.25, 0.3) is 0 Å². The van der Waals surface area contributed by atoms with E-state index in [9.17, 15) is 4.39 Å². The molecule has 0 spiro atoms. The molecule has 106 valence electrons. The van der Waals surface area contributed by atoms with Crippen molar-refractivity contribution in [3.8, 4) is 0 Å². The Morgan fingerprint density at radius 3 is 2.70 bits per heavy atom. The minimum absolute atomic E-state index is 0.0610. The Morgan fingerprint density at radius 2 is 1.95 bits per heavy atom. The fourth-order valence-corrected chi connectivity index (χ4v) is 1.64. The summed E-state index contributed by atoms with van der Waals surface area (Å²) < 4.78 is 13.1. The molecule has 0 atom stereocenters. The van der Waals surface area contributed by atoms with Gasteiger partial charge in [-0.2, -0.15) is 15.0 Å². The second-order valence-electron chi connectivity index (χ2n) is 3.92. The van der Waals surface area contributed by atoms with Crippen LogP contribution in [0.4, 0.5) is 22.0 Å². The van der Waals surface area contributed by atoms with Crippen LogP contribution in [0, 0.1) is 5.82 Å². The minimum Gasteiger partial charge on any atom is -0.353 e. The summed E-state index contributed by atoms with van der Waals surface area (Å²) in [5, 5.41) is 8.93. The highest BCUT2D eigenvalue weighted by Crippen LogP contribution is 2.16. The quantitative estimate of drug-likeness (QED) is 0.708. The van der Waals surface area contributed by atoms with Crippen LogP contribution in [-0.4, -0.2) is 35.1 Å². The van der Waals surface area contributed by atoms with Crippen molar-refractivity contribution in [2.24, 2.45) is 0 Å². The van der Waals surface area contributed by atoms with Crippen molar-refractivity contribution in [1.29, 1.82) is 0 Å². The monoisotopic (exact) mass is 296 g/mol. The molecule has 8 heteroatoms. The second-order valence-corrected chi connectivity index (χ2v) is 4.26. The zero-order valence-corrected chi connectivity index (χ0v) is 11.6. The lowest BCUT2D eigenvalue weighted by Gasteiger charge is -2.08. The maximum Gasteiger partial charge on any atom is 0.233 e. The SMILES string of the molecule is CNCCNc1nc(Cl)nc(Nc2cccc(F)c2)n1. The molecule has 0 aliphatic carbocycles. The molecule has 0 unspecified atom stereocenters. The number of hydrogen-bond acceptors (Lipinski definition) is 6. The Balaban J connectivity index is 2.11. The van der Waals surface area contributed by atoms with Gasteiger partial charge in [-0.05, 0) is 36.8 Å². The van der Waals surface area contributed by atoms with Gasteiger partial charge >= 0.3 is 0 Å². The molecule has 2 aromatic rings. The summed E-state index contributed by atoms with van der Waals surface area (Å²) in [5.41, 5.74) is 0.536. The Morgan fingerprint density at radius 1 is 1.15 bits per heavy atom. The van der Waals surface area contributed by atoms with Gasteiger partial charge in [0.05, 0.1) is 0 Å². The van der Waals surface area contributed by atoms with Crippen LogP contribution in [0.15, 0.2) is 24.3 Å². The summed E-state index contributed by atoms with van der Waals surface area (Å²) in [6.45, 7) is 1.41. The smallest absolute Gasteiger partial charge is 0.233 e. The molecule has 1 aromatic carbocycles. The maximum absolute atomic E-state index is 13.1. The number of anilines is 3. The molecule has 0 radical (unpaired) electrons. The van der Waals surface area contributed by atoms with Crippen LogP contribution in [0.5, 0.6) is 0 Å². The first-order chi connectivity index (χ1) is 9.67. The Bertz CT molecular complexity index is 580. The first-order valence-electron chi connectivity index (χ1n) is 6.00. The highest BCUT2D eigenvalue weighted by Gasteiger charge is 2.05. The molecule has 0 bridgehead atoms. The van der Waals surface area contributed by atoms with Crippen molar-refractivity contribution >= 4 is 29.2 Å². The van der Waals surface area contributed by atoms with Crippen molar-refractivity contribution < 1.29 is 4.39 Å². The summed E-state index contributed by atoms with van der Waals surface area (Å²) in [4.78, 5) is 12.0. The standard InChI is InChI=1S/C12H14ClFN6/c1-15-5-6-16-11-18-10(13)19-12(20-11)17-9-4-2-3-8(14)7-9/h2-4,7,15H,5-6H2,1H3,(H2,16,17,18,19,20). The van der Waals surface area contributed by atoms with E-state index in [1.807, 2.05) is 7.05 Å². The first-order valence-corrected chi connectivity index (χ1v) is 6.38. The Hall–Kier alpha value is -1.99. The van der Waals surface area contributed by atoms with Gasteiger partial charge in [-0.3, -0.25) is 0 Å². The van der Waals surface area contributed by atoms with Crippen LogP contribution >= 0.6 is 11.6 Å². The molecule has 1 aromatic heterocycles. The van der Waals surface area contributed by atoms with Gasteiger partial charge in [0, 0.05) is 18.8 Å². The molecule has 1 heterocycles. The van der Waals surface area contributed by atoms with E-state index in [4.69, 9.17) is 11.6 Å². The van der Waals surface area contributed by atoms with E-state index in [1.54, 1.807) is 12.1 Å². The third-order valence-electron chi connectivity index (χ3n) is 2.35. The van der Waals surface area contributed by atoms with E-state index >= 15 is 0 Å². The van der Waals surface area contributed by atoms with Crippen LogP contribution in [0.3, 0.4) is 0 Å². The lowest BCUT2D eigenvalue weighted by Crippen LogP contribution is -2.19. The predicted molar refractivity (Wildman–Crippen MR) is 76.9 cm³/mol. The van der Waals surface area contributed by atoms with E-state index in [1.165, 1.54) is 12.1 Å². The molecule has 6 nitrogen and oxygen atoms in total. The van der Waals surface area contributed by atoms with Crippen molar-refractivity contribution in [3.05, 3.63) is 35.4 Å². The van der Waals surface area contributed by atoms with E-state index in [2.05, 4.69) is 30.9 Å². The number of likely N-dealkylation sites (N-methyl/N-ethyl adjacent to an activating group) is 1. The number of nitrogens with zero attached hydrogens (tertiary/aromatic N) is 3. The van der Waals surface area contributed by atoms with Crippen LogP contribution < -0.4 is 16.0 Å². The number of benzene rings is 1. The number of halogens is 2. The molecular weight excluding hydrogens is 283 g/mol. The van der Waals surface area contributed by atoms with Gasteiger partial charge in [-0.15, -0.1) is 0 Å². The van der Waals surface area contributed by atoms with Crippen LogP contribution in [-0.2, 0) is 0 Å². The van der Waals surface area contributed by atoms with Crippen molar-refractivity contribution in [3.63, 3.8) is 0 Å². The fourth-order valence-electron chi connectivity index (χ4n) is 1.48. The summed E-state index contributed by atoms with van der Waals surface area (Å²) in [6, 6.07) is 5.99. The molecule has 3 N–H and O–H groups in total. The lowest BCUT2D eigenvalue weighted by atomic mass is 10.3. The van der Waals surface area contributed by atoms with Gasteiger partial charge in [-0.25, -0.2) is 4.39 Å². The molecule has 20 heavy (non-hydrogen) atoms. The minimum atomic E-state index is -0.345. The highest BCUT2D eigenvalue weighted by atomic mass is 35.5. The van der Waals surface area contributed by atoms with E-state index in [0.29, 0.717) is 18.2 Å². The van der Waals surface area contributed by atoms with Crippen LogP contribution in [0.25, 0.3) is 0 Å². The number of rotatable bonds is 6. The number of nitrogens with one attached hydrogen (secondary N) is 3. The van der Waals surface area contributed by atoms with Crippen molar-refractivity contribution in [2.45, 2.75) is 0 Å². The fraction of sp³-hybridized carbons (Fsp3) is 0.250. The normalized spacial score (nSPS) is 10.3. The molecular formula is C12H14ClFN6. The van der Waals surface area contributed by atoms with Gasteiger partial charge in [0.15, 0.2) is 0 Å². The first kappa shape index (κ1) is 14.4. The van der Waals surface area contributed by atoms with Crippen molar-refractivity contribution in [2.75, 3.05) is 30.8 Å². The molecule has 0 saturated carbocycles.